The summed E-state index contributed by atoms with van der Waals surface area (Å²) >= 11 is 0. The average Bonchev–Trinajstić information content (AvgIpc) is 2.73. The van der Waals surface area contributed by atoms with Crippen LogP contribution in [0.2, 0.25) is 0 Å². The van der Waals surface area contributed by atoms with Gasteiger partial charge in [0.15, 0.2) is 0 Å². The molecule has 2 aromatic rings. The van der Waals surface area contributed by atoms with E-state index in [9.17, 15) is 0 Å². The summed E-state index contributed by atoms with van der Waals surface area (Å²) in [5, 5.41) is 3.18. The van der Waals surface area contributed by atoms with E-state index in [0.29, 0.717) is 0 Å². The van der Waals surface area contributed by atoms with Crippen molar-refractivity contribution in [2.75, 3.05) is 13.6 Å². The minimum atomic E-state index is 0.988. The second kappa shape index (κ2) is 4.94. The smallest absolute Gasteiger partial charge is 0.139 e. The number of likely N-dealkylation sites (N-methyl/N-ethyl adjacent to an activating group) is 1. The van der Waals surface area contributed by atoms with Gasteiger partial charge in [-0.1, -0.05) is 24.3 Å². The quantitative estimate of drug-likeness (QED) is 0.843. The van der Waals surface area contributed by atoms with E-state index in [1.807, 2.05) is 26.5 Å². The van der Waals surface area contributed by atoms with Crippen molar-refractivity contribution in [2.45, 2.75) is 6.42 Å². The normalized spacial score (nSPS) is 10.6. The summed E-state index contributed by atoms with van der Waals surface area (Å²) in [6.07, 6.45) is 4.84. The van der Waals surface area contributed by atoms with E-state index in [0.717, 1.165) is 18.8 Å². The molecule has 3 nitrogen and oxygen atoms in total. The van der Waals surface area contributed by atoms with Crippen molar-refractivity contribution in [3.63, 3.8) is 0 Å². The Hall–Kier alpha value is -1.61. The molecule has 2 rings (SSSR count). The molecule has 0 spiro atoms. The molecule has 0 amide bonds. The van der Waals surface area contributed by atoms with Crippen LogP contribution in [-0.4, -0.2) is 23.1 Å². The number of aromatic nitrogens is 2. The monoisotopic (exact) mass is 215 g/mol. The van der Waals surface area contributed by atoms with Gasteiger partial charge in [-0.3, -0.25) is 0 Å². The van der Waals surface area contributed by atoms with Crippen molar-refractivity contribution in [2.24, 2.45) is 7.05 Å². The Morgan fingerprint density at radius 2 is 2.12 bits per heavy atom. The molecule has 84 valence electrons. The van der Waals surface area contributed by atoms with E-state index in [1.165, 1.54) is 11.1 Å². The lowest BCUT2D eigenvalue weighted by Crippen LogP contribution is -2.11. The topological polar surface area (TPSA) is 29.9 Å². The van der Waals surface area contributed by atoms with Crippen LogP contribution in [0, 0.1) is 0 Å². The molecule has 0 unspecified atom stereocenters. The Labute approximate surface area is 96.1 Å². The van der Waals surface area contributed by atoms with E-state index in [1.54, 1.807) is 0 Å². The molecule has 0 aliphatic carbocycles. The molecule has 0 atom stereocenters. The van der Waals surface area contributed by atoms with Crippen molar-refractivity contribution in [3.05, 3.63) is 42.2 Å². The SMILES string of the molecule is CNCCc1ccccc1-c1nccn1C. The van der Waals surface area contributed by atoms with Gasteiger partial charge in [0.05, 0.1) is 0 Å². The number of nitrogens with one attached hydrogen (secondary N) is 1. The first-order valence-electron chi connectivity index (χ1n) is 5.53. The summed E-state index contributed by atoms with van der Waals surface area (Å²) in [5.74, 6) is 1.03. The average molecular weight is 215 g/mol. The molecule has 3 heteroatoms. The molecule has 1 heterocycles. The van der Waals surface area contributed by atoms with Crippen LogP contribution in [0.25, 0.3) is 11.4 Å². The Balaban J connectivity index is 2.37. The van der Waals surface area contributed by atoms with Crippen LogP contribution in [0.4, 0.5) is 0 Å². The Morgan fingerprint density at radius 3 is 2.81 bits per heavy atom. The highest BCUT2D eigenvalue weighted by Gasteiger charge is 2.07. The number of imidazole rings is 1. The van der Waals surface area contributed by atoms with Gasteiger partial charge in [0, 0.05) is 25.0 Å². The molecule has 16 heavy (non-hydrogen) atoms. The molecule has 1 aromatic heterocycles. The van der Waals surface area contributed by atoms with Crippen LogP contribution in [0.15, 0.2) is 36.7 Å². The molecular weight excluding hydrogens is 198 g/mol. The second-order valence-electron chi connectivity index (χ2n) is 3.87. The number of aryl methyl sites for hydroxylation is 1. The minimum Gasteiger partial charge on any atom is -0.334 e. The lowest BCUT2D eigenvalue weighted by atomic mass is 10.0. The van der Waals surface area contributed by atoms with Crippen LogP contribution in [0.3, 0.4) is 0 Å². The number of benzene rings is 1. The zero-order chi connectivity index (χ0) is 11.4. The zero-order valence-electron chi connectivity index (χ0n) is 9.77. The number of hydrogen-bond donors (Lipinski definition) is 1. The molecule has 0 fully saturated rings. The molecule has 0 bridgehead atoms. The number of hydrogen-bond acceptors (Lipinski definition) is 2. The van der Waals surface area contributed by atoms with Gasteiger partial charge in [-0.15, -0.1) is 0 Å². The third-order valence-electron chi connectivity index (χ3n) is 2.72. The van der Waals surface area contributed by atoms with Gasteiger partial charge in [-0.05, 0) is 25.6 Å². The fourth-order valence-corrected chi connectivity index (χ4v) is 1.84. The summed E-state index contributed by atoms with van der Waals surface area (Å²) < 4.78 is 2.05. The van der Waals surface area contributed by atoms with Gasteiger partial charge in [0.2, 0.25) is 0 Å². The summed E-state index contributed by atoms with van der Waals surface area (Å²) in [6, 6.07) is 8.44. The molecule has 0 radical (unpaired) electrons. The number of rotatable bonds is 4. The Kier molecular flexibility index (Phi) is 3.37. The third kappa shape index (κ3) is 2.14. The first-order chi connectivity index (χ1) is 7.83. The fourth-order valence-electron chi connectivity index (χ4n) is 1.84. The van der Waals surface area contributed by atoms with Gasteiger partial charge in [-0.25, -0.2) is 4.98 Å². The maximum absolute atomic E-state index is 4.40. The van der Waals surface area contributed by atoms with Gasteiger partial charge in [-0.2, -0.15) is 0 Å². The molecule has 0 aliphatic rings. The maximum Gasteiger partial charge on any atom is 0.139 e. The fraction of sp³-hybridized carbons (Fsp3) is 0.308. The highest BCUT2D eigenvalue weighted by Crippen LogP contribution is 2.21. The summed E-state index contributed by atoms with van der Waals surface area (Å²) in [5.41, 5.74) is 2.57. The van der Waals surface area contributed by atoms with Gasteiger partial charge in [0.1, 0.15) is 5.82 Å². The largest absolute Gasteiger partial charge is 0.334 e. The number of nitrogens with zero attached hydrogens (tertiary/aromatic N) is 2. The van der Waals surface area contributed by atoms with Gasteiger partial charge in [0.25, 0.3) is 0 Å². The van der Waals surface area contributed by atoms with Crippen molar-refractivity contribution in [1.29, 1.82) is 0 Å². The van der Waals surface area contributed by atoms with Crippen LogP contribution in [-0.2, 0) is 13.5 Å². The van der Waals surface area contributed by atoms with Crippen molar-refractivity contribution in [3.8, 4) is 11.4 Å². The summed E-state index contributed by atoms with van der Waals surface area (Å²) in [7, 11) is 4.00. The molecule has 0 aliphatic heterocycles. The molecule has 0 saturated heterocycles. The second-order valence-corrected chi connectivity index (χ2v) is 3.87. The van der Waals surface area contributed by atoms with E-state index in [2.05, 4.69) is 39.1 Å². The van der Waals surface area contributed by atoms with Crippen LogP contribution in [0.1, 0.15) is 5.56 Å². The molecule has 1 N–H and O–H groups in total. The van der Waals surface area contributed by atoms with E-state index in [4.69, 9.17) is 0 Å². The van der Waals surface area contributed by atoms with Crippen LogP contribution in [0.5, 0.6) is 0 Å². The van der Waals surface area contributed by atoms with Gasteiger partial charge < -0.3 is 9.88 Å². The predicted octanol–water partition coefficient (Wildman–Crippen LogP) is 1.85. The zero-order valence-corrected chi connectivity index (χ0v) is 9.77. The summed E-state index contributed by atoms with van der Waals surface area (Å²) in [6.45, 7) is 0.988. The third-order valence-corrected chi connectivity index (χ3v) is 2.72. The van der Waals surface area contributed by atoms with Crippen LogP contribution >= 0.6 is 0 Å². The minimum absolute atomic E-state index is 0.988. The standard InChI is InChI=1S/C13H17N3/c1-14-8-7-11-5-3-4-6-12(11)13-15-9-10-16(13)2/h3-6,9-10,14H,7-8H2,1-2H3. The molecule has 0 saturated carbocycles. The first-order valence-corrected chi connectivity index (χ1v) is 5.53. The summed E-state index contributed by atoms with van der Waals surface area (Å²) in [4.78, 5) is 4.40. The lowest BCUT2D eigenvalue weighted by molar-refractivity contribution is 0.791. The molecule has 1 aromatic carbocycles. The Bertz CT molecular complexity index is 460. The van der Waals surface area contributed by atoms with Crippen molar-refractivity contribution < 1.29 is 0 Å². The predicted molar refractivity (Wildman–Crippen MR) is 66.3 cm³/mol. The Morgan fingerprint density at radius 1 is 1.31 bits per heavy atom. The lowest BCUT2D eigenvalue weighted by Gasteiger charge is -2.09. The van der Waals surface area contributed by atoms with Crippen molar-refractivity contribution in [1.82, 2.24) is 14.9 Å². The van der Waals surface area contributed by atoms with E-state index in [-0.39, 0.29) is 0 Å². The highest BCUT2D eigenvalue weighted by atomic mass is 15.0. The molecular formula is C13H17N3. The maximum atomic E-state index is 4.40. The van der Waals surface area contributed by atoms with Gasteiger partial charge >= 0.3 is 0 Å². The van der Waals surface area contributed by atoms with Crippen molar-refractivity contribution >= 4 is 0 Å². The highest BCUT2D eigenvalue weighted by molar-refractivity contribution is 5.60. The van der Waals surface area contributed by atoms with E-state index >= 15 is 0 Å². The van der Waals surface area contributed by atoms with E-state index < -0.39 is 0 Å². The first kappa shape index (κ1) is 10.9. The van der Waals surface area contributed by atoms with Crippen LogP contribution < -0.4 is 5.32 Å².